The Balaban J connectivity index is 0.894. The summed E-state index contributed by atoms with van der Waals surface area (Å²) >= 11 is 7.38. The number of nitrogens with zero attached hydrogens (tertiary/aromatic N) is 4. The van der Waals surface area contributed by atoms with Gasteiger partial charge in [-0.25, -0.2) is 31.6 Å². The van der Waals surface area contributed by atoms with Crippen LogP contribution in [0.5, 0.6) is 5.75 Å². The van der Waals surface area contributed by atoms with E-state index in [9.17, 15) is 37.5 Å². The molecule has 2 amide bonds. The van der Waals surface area contributed by atoms with Crippen LogP contribution >= 0.6 is 22.9 Å². The Labute approximate surface area is 417 Å². The molecule has 0 aliphatic carbocycles. The number of halogens is 3. The predicted octanol–water partition coefficient (Wildman–Crippen LogP) is 8.10. The van der Waals surface area contributed by atoms with Crippen molar-refractivity contribution in [2.45, 2.75) is 101 Å². The van der Waals surface area contributed by atoms with E-state index >= 15 is 8.78 Å². The lowest BCUT2D eigenvalue weighted by molar-refractivity contribution is -0.139. The first-order valence-corrected chi connectivity index (χ1v) is 25.8. The van der Waals surface area contributed by atoms with Crippen molar-refractivity contribution in [1.29, 1.82) is 0 Å². The molecular formula is C49H54ClF2N7O10S2. The molecule has 8 rings (SSSR count). The number of carboxylic acid groups (broad SMARTS) is 2. The Hall–Kier alpha value is -6.29. The molecule has 3 atom stereocenters. The maximum atomic E-state index is 16.2. The van der Waals surface area contributed by atoms with E-state index in [-0.39, 0.29) is 71.7 Å². The molecule has 0 radical (unpaired) electrons. The molecule has 2 aromatic heterocycles. The fourth-order valence-electron chi connectivity index (χ4n) is 10.1. The number of carbonyl (C=O) groups is 4. The summed E-state index contributed by atoms with van der Waals surface area (Å²) in [4.78, 5) is 63.0. The van der Waals surface area contributed by atoms with Crippen molar-refractivity contribution >= 4 is 79.1 Å². The second-order valence-electron chi connectivity index (χ2n) is 19.1. The number of sulfonamides is 1. The Morgan fingerprint density at radius 3 is 2.39 bits per heavy atom. The normalized spacial score (nSPS) is 20.5. The van der Waals surface area contributed by atoms with Gasteiger partial charge in [0.15, 0.2) is 17.2 Å². The number of thiophene rings is 1. The Morgan fingerprint density at radius 2 is 1.72 bits per heavy atom. The van der Waals surface area contributed by atoms with Crippen LogP contribution in [-0.2, 0) is 30.2 Å². The lowest BCUT2D eigenvalue weighted by atomic mass is 9.86. The lowest BCUT2D eigenvalue weighted by Crippen LogP contribution is -2.55. The molecule has 3 aromatic carbocycles. The van der Waals surface area contributed by atoms with Gasteiger partial charge < -0.3 is 30.5 Å². The van der Waals surface area contributed by atoms with E-state index in [0.717, 1.165) is 11.3 Å². The Kier molecular flexibility index (Phi) is 14.2. The molecule has 5 aromatic rings. The van der Waals surface area contributed by atoms with E-state index in [4.69, 9.17) is 21.4 Å². The zero-order valence-electron chi connectivity index (χ0n) is 39.3. The number of imide groups is 1. The number of imidazole rings is 1. The number of rotatable bonds is 16. The molecule has 378 valence electrons. The van der Waals surface area contributed by atoms with Crippen LogP contribution in [0.2, 0.25) is 5.02 Å². The maximum absolute atomic E-state index is 16.2. The second-order valence-corrected chi connectivity index (χ2v) is 22.4. The summed E-state index contributed by atoms with van der Waals surface area (Å²) in [5, 5.41) is 27.6. The summed E-state index contributed by atoms with van der Waals surface area (Å²) in [7, 11) is -3.87. The zero-order chi connectivity index (χ0) is 51.3. The summed E-state index contributed by atoms with van der Waals surface area (Å²) in [6.07, 6.45) is 1.19. The van der Waals surface area contributed by atoms with Gasteiger partial charge in [-0.2, -0.15) is 4.31 Å². The van der Waals surface area contributed by atoms with Gasteiger partial charge in [-0.3, -0.25) is 24.0 Å². The van der Waals surface area contributed by atoms with Gasteiger partial charge in [0.1, 0.15) is 11.1 Å². The zero-order valence-corrected chi connectivity index (χ0v) is 41.7. The number of piperidine rings is 3. The van der Waals surface area contributed by atoms with E-state index < -0.39 is 76.0 Å². The van der Waals surface area contributed by atoms with E-state index in [1.165, 1.54) is 18.3 Å². The summed E-state index contributed by atoms with van der Waals surface area (Å²) in [5.74, 6) is -8.33. The van der Waals surface area contributed by atoms with Crippen molar-refractivity contribution in [3.05, 3.63) is 111 Å². The summed E-state index contributed by atoms with van der Waals surface area (Å²) < 4.78 is 70.2. The molecule has 0 bridgehead atoms. The molecule has 3 aliphatic rings. The fourth-order valence-corrected chi connectivity index (χ4v) is 13.4. The first-order chi connectivity index (χ1) is 33.4. The minimum atomic E-state index is -3.87. The van der Waals surface area contributed by atoms with E-state index in [1.807, 2.05) is 19.9 Å². The third-order valence-electron chi connectivity index (χ3n) is 13.2. The van der Waals surface area contributed by atoms with Crippen molar-refractivity contribution in [1.82, 2.24) is 23.7 Å². The monoisotopic (exact) mass is 1040 g/mol. The standard InChI is InChI=1S/C49H54ClF2N7O10S2/c1-27(2)58-38-22-30(12-13-36(38)59(47(58)66)37-14-15-39(60)55-45(37)63)35-17-18-56(26-49(35,51)52)28(3)53-32-10-6-8-29(20-32)25-71(67,68)57-19-16-34(23-48(57,4)5)54-33-11-7-9-31(21-33)43-41(50)42(69-24-40(61)62)44(70-43)46(64)65/h6-13,20-22,27,34-35,37,53-54H,3,14-19,23-26H2,1-2,4-5H3,(H,61,62)(H,64,65)(H,55,60,63)/t34-,35?,37?/m0/s1. The molecule has 3 fully saturated rings. The smallest absolute Gasteiger partial charge is 0.349 e. The average Bonchev–Trinajstić information content (AvgIpc) is 3.77. The number of hydrogen-bond acceptors (Lipinski definition) is 12. The van der Waals surface area contributed by atoms with Crippen LogP contribution in [0, 0.1) is 0 Å². The topological polar surface area (TPSA) is 222 Å². The van der Waals surface area contributed by atoms with Gasteiger partial charge in [0, 0.05) is 48.5 Å². The minimum absolute atomic E-state index is 0.0191. The number of amides is 2. The molecular weight excluding hydrogens is 984 g/mol. The van der Waals surface area contributed by atoms with Crippen LogP contribution in [0.3, 0.4) is 0 Å². The van der Waals surface area contributed by atoms with E-state index in [2.05, 4.69) is 22.5 Å². The van der Waals surface area contributed by atoms with E-state index in [0.29, 0.717) is 56.8 Å². The van der Waals surface area contributed by atoms with Gasteiger partial charge in [0.05, 0.1) is 39.9 Å². The van der Waals surface area contributed by atoms with Gasteiger partial charge in [-0.05, 0) is 106 Å². The summed E-state index contributed by atoms with van der Waals surface area (Å²) in [6, 6.07) is 17.2. The number of benzene rings is 3. The number of carbonyl (C=O) groups excluding carboxylic acids is 2. The number of nitrogens with one attached hydrogen (secondary N) is 3. The molecule has 3 saturated heterocycles. The van der Waals surface area contributed by atoms with Gasteiger partial charge in [0.2, 0.25) is 21.8 Å². The lowest BCUT2D eigenvalue weighted by Gasteiger charge is -2.45. The molecule has 71 heavy (non-hydrogen) atoms. The van der Waals surface area contributed by atoms with Gasteiger partial charge in [-0.15, -0.1) is 11.3 Å². The van der Waals surface area contributed by atoms with Gasteiger partial charge in [0.25, 0.3) is 5.92 Å². The summed E-state index contributed by atoms with van der Waals surface area (Å²) in [6.45, 7) is 10.4. The largest absolute Gasteiger partial charge is 0.479 e. The molecule has 0 spiro atoms. The van der Waals surface area contributed by atoms with Crippen molar-refractivity contribution in [2.75, 3.05) is 36.9 Å². The second kappa shape index (κ2) is 19.7. The van der Waals surface area contributed by atoms with Gasteiger partial charge in [-0.1, -0.05) is 48.5 Å². The number of aromatic nitrogens is 2. The Morgan fingerprint density at radius 1 is 0.986 bits per heavy atom. The number of hydrogen-bond donors (Lipinski definition) is 5. The molecule has 3 aliphatic heterocycles. The predicted molar refractivity (Wildman–Crippen MR) is 266 cm³/mol. The molecule has 17 nitrogen and oxygen atoms in total. The van der Waals surface area contributed by atoms with Crippen LogP contribution in [-0.4, -0.2) is 104 Å². The highest BCUT2D eigenvalue weighted by molar-refractivity contribution is 7.88. The van der Waals surface area contributed by atoms with Crippen molar-refractivity contribution in [2.24, 2.45) is 0 Å². The molecule has 2 unspecified atom stereocenters. The molecule has 22 heteroatoms. The number of fused-ring (bicyclic) bond motifs is 1. The van der Waals surface area contributed by atoms with E-state index in [1.54, 1.807) is 74.5 Å². The van der Waals surface area contributed by atoms with Crippen molar-refractivity contribution < 1.29 is 51.3 Å². The average molecular weight is 1040 g/mol. The van der Waals surface area contributed by atoms with Crippen LogP contribution in [0.15, 0.2) is 83.9 Å². The van der Waals surface area contributed by atoms with Crippen molar-refractivity contribution in [3.8, 4) is 16.2 Å². The van der Waals surface area contributed by atoms with Crippen LogP contribution in [0.25, 0.3) is 21.5 Å². The first-order valence-electron chi connectivity index (χ1n) is 23.0. The van der Waals surface area contributed by atoms with Crippen molar-refractivity contribution in [3.63, 3.8) is 0 Å². The van der Waals surface area contributed by atoms with Crippen LogP contribution < -0.4 is 26.4 Å². The maximum Gasteiger partial charge on any atom is 0.349 e. The Bertz CT molecular complexity index is 3130. The summed E-state index contributed by atoms with van der Waals surface area (Å²) in [5.41, 5.74) is 2.15. The fraction of sp³-hybridized carbons (Fsp3) is 0.408. The number of anilines is 2. The molecule has 5 heterocycles. The SMILES string of the molecule is C=C(Nc1cccc(CS(=O)(=O)N2CC[C@H](Nc3cccc(-c4sc(C(=O)O)c(OCC(=O)O)c4Cl)c3)CC2(C)C)c1)N1CCC(c2ccc3c(c2)n(C(C)C)c(=O)n3C2CCC(=O)NC2=O)C(F)(F)C1. The van der Waals surface area contributed by atoms with Gasteiger partial charge >= 0.3 is 17.6 Å². The molecule has 0 saturated carbocycles. The third kappa shape index (κ3) is 10.5. The van der Waals surface area contributed by atoms with Crippen LogP contribution in [0.1, 0.15) is 98.6 Å². The number of ether oxygens (including phenoxy) is 1. The molecule has 5 N–H and O–H groups in total. The number of alkyl halides is 2. The number of carboxylic acids is 2. The first kappa shape index (κ1) is 51.1. The quantitative estimate of drug-likeness (QED) is 0.0591. The number of likely N-dealkylation sites (tertiary alicyclic amines) is 1. The number of aliphatic carboxylic acids is 1. The number of aromatic carboxylic acids is 1. The third-order valence-corrected chi connectivity index (χ3v) is 16.9. The highest BCUT2D eigenvalue weighted by Gasteiger charge is 2.46. The highest BCUT2D eigenvalue weighted by Crippen LogP contribution is 2.47. The van der Waals surface area contributed by atoms with Crippen LogP contribution in [0.4, 0.5) is 20.2 Å². The highest BCUT2D eigenvalue weighted by atomic mass is 35.5. The minimum Gasteiger partial charge on any atom is -0.479 e.